The molecule has 0 aromatic heterocycles. The Morgan fingerprint density at radius 3 is 0.688 bits per heavy atom. The maximum atomic E-state index is 2.34. The minimum Gasteiger partial charge on any atom is -0.0683 e. The van der Waals surface area contributed by atoms with Gasteiger partial charge in [-0.1, -0.05) is 200 Å². The summed E-state index contributed by atoms with van der Waals surface area (Å²) >= 11 is 0. The molecule has 0 spiro atoms. The lowest BCUT2D eigenvalue weighted by molar-refractivity contribution is 1.04. The van der Waals surface area contributed by atoms with Gasteiger partial charge < -0.3 is 0 Å². The van der Waals surface area contributed by atoms with E-state index in [2.05, 4.69) is 146 Å². The lowest BCUT2D eigenvalue weighted by atomic mass is 10.1. The van der Waals surface area contributed by atoms with E-state index in [1.807, 2.05) is 96.9 Å². The first-order chi connectivity index (χ1) is 23.8. The van der Waals surface area contributed by atoms with Gasteiger partial charge in [-0.2, -0.15) is 0 Å². The van der Waals surface area contributed by atoms with Gasteiger partial charge >= 0.3 is 0 Å². The monoisotopic (exact) mass is 691 g/mol. The largest absolute Gasteiger partial charge is 0.166 e. The van der Waals surface area contributed by atoms with E-state index in [9.17, 15) is 0 Å². The minimum atomic E-state index is -0.0146. The predicted molar refractivity (Wildman–Crippen MR) is 233 cm³/mol. The van der Waals surface area contributed by atoms with Crippen LogP contribution in [0.1, 0.15) is 103 Å². The molecular weight excluding hydrogens is 617 g/mol. The van der Waals surface area contributed by atoms with Crippen molar-refractivity contribution in [2.24, 2.45) is 0 Å². The van der Waals surface area contributed by atoms with Crippen molar-refractivity contribution in [1.29, 1.82) is 0 Å². The highest BCUT2D eigenvalue weighted by Gasteiger charge is 2.27. The molecule has 0 saturated carbocycles. The van der Waals surface area contributed by atoms with Crippen molar-refractivity contribution in [2.45, 2.75) is 118 Å². The van der Waals surface area contributed by atoms with Crippen molar-refractivity contribution < 1.29 is 0 Å². The standard InChI is InChI=1S/C18H15S.C10H8.C4H9S.7C2H6/c1-4-10-16(11-5-1)19(17-12-6-2-7-13-17)18-14-8-3-9-15-18;1-2-6-10-8-4-3-7-9(10)5-1;1-5-3-2-4-5;7*1-2/h1-15H;1-8H;2-4H2,1H3;7*1-2H3/q+1;;+1;;;;;;;. The molecule has 5 aromatic carbocycles. The second-order valence-corrected chi connectivity index (χ2v) is 12.5. The number of rotatable bonds is 3. The van der Waals surface area contributed by atoms with Crippen LogP contribution in [0.15, 0.2) is 154 Å². The SMILES string of the molecule is CC.CC.CC.CC.CC.CC.CC.C[S+]1CCC1.c1ccc([S+](c2ccccc2)c2ccccc2)cc1.c1ccc2ccccc2c1. The van der Waals surface area contributed by atoms with Crippen LogP contribution in [0.4, 0.5) is 0 Å². The molecule has 1 saturated heterocycles. The zero-order valence-electron chi connectivity index (χ0n) is 33.7. The molecule has 0 N–H and O–H groups in total. The first-order valence-electron chi connectivity index (χ1n) is 18.7. The Morgan fingerprint density at radius 1 is 0.333 bits per heavy atom. The third-order valence-electron chi connectivity index (χ3n) is 5.58. The van der Waals surface area contributed by atoms with Crippen LogP contribution in [0.5, 0.6) is 0 Å². The van der Waals surface area contributed by atoms with Crippen molar-refractivity contribution in [3.05, 3.63) is 140 Å². The van der Waals surface area contributed by atoms with Crippen LogP contribution in [-0.4, -0.2) is 17.8 Å². The number of hydrogen-bond donors (Lipinski definition) is 0. The fourth-order valence-electron chi connectivity index (χ4n) is 3.64. The maximum absolute atomic E-state index is 2.34. The number of benzene rings is 5. The summed E-state index contributed by atoms with van der Waals surface area (Å²) in [5.41, 5.74) is 0. The van der Waals surface area contributed by atoms with Crippen molar-refractivity contribution in [3.63, 3.8) is 0 Å². The van der Waals surface area contributed by atoms with Crippen molar-refractivity contribution in [3.8, 4) is 0 Å². The van der Waals surface area contributed by atoms with Crippen LogP contribution in [0, 0.1) is 0 Å². The molecule has 1 heterocycles. The van der Waals surface area contributed by atoms with E-state index >= 15 is 0 Å². The van der Waals surface area contributed by atoms with Crippen LogP contribution in [-0.2, 0) is 21.8 Å². The van der Waals surface area contributed by atoms with Crippen LogP contribution >= 0.6 is 0 Å². The fraction of sp³-hybridized carbons (Fsp3) is 0.391. The van der Waals surface area contributed by atoms with Gasteiger partial charge in [-0.3, -0.25) is 0 Å². The highest BCUT2D eigenvalue weighted by molar-refractivity contribution is 7.97. The first kappa shape index (κ1) is 51.9. The number of hydrogen-bond acceptors (Lipinski definition) is 0. The maximum Gasteiger partial charge on any atom is 0.166 e. The van der Waals surface area contributed by atoms with Gasteiger partial charge in [-0.05, 0) is 58.1 Å². The second kappa shape index (κ2) is 42.1. The Kier molecular flexibility index (Phi) is 45.5. The van der Waals surface area contributed by atoms with E-state index in [-0.39, 0.29) is 10.9 Å². The van der Waals surface area contributed by atoms with Crippen molar-refractivity contribution in [2.75, 3.05) is 17.8 Å². The summed E-state index contributed by atoms with van der Waals surface area (Å²) in [5.74, 6) is 3.03. The molecule has 0 atom stereocenters. The summed E-state index contributed by atoms with van der Waals surface area (Å²) in [7, 11) is 0.843. The van der Waals surface area contributed by atoms with Gasteiger partial charge in [0, 0.05) is 6.42 Å². The third-order valence-corrected chi connectivity index (χ3v) is 9.78. The molecule has 0 amide bonds. The van der Waals surface area contributed by atoms with Gasteiger partial charge in [-0.15, -0.1) is 0 Å². The molecule has 5 aromatic rings. The van der Waals surface area contributed by atoms with Crippen molar-refractivity contribution in [1.82, 2.24) is 0 Å². The molecule has 268 valence electrons. The Hall–Kier alpha value is -2.94. The highest BCUT2D eigenvalue weighted by Crippen LogP contribution is 2.30. The molecule has 0 unspecified atom stereocenters. The molecule has 0 aliphatic carbocycles. The van der Waals surface area contributed by atoms with Gasteiger partial charge in [-0.25, -0.2) is 0 Å². The van der Waals surface area contributed by atoms with Crippen LogP contribution in [0.2, 0.25) is 0 Å². The van der Waals surface area contributed by atoms with Gasteiger partial charge in [0.1, 0.15) is 11.5 Å². The molecule has 2 heteroatoms. The summed E-state index contributed by atoms with van der Waals surface area (Å²) < 4.78 is 0. The quantitative estimate of drug-likeness (QED) is 0.165. The summed E-state index contributed by atoms with van der Waals surface area (Å²) in [6.07, 6.45) is 3.84. The molecule has 1 fully saturated rings. The molecule has 1 aliphatic rings. The summed E-state index contributed by atoms with van der Waals surface area (Å²) in [6, 6.07) is 48.9. The molecule has 0 bridgehead atoms. The van der Waals surface area contributed by atoms with Gasteiger partial charge in [0.25, 0.3) is 0 Å². The van der Waals surface area contributed by atoms with E-state index in [0.717, 1.165) is 10.9 Å². The van der Waals surface area contributed by atoms with Crippen LogP contribution in [0.25, 0.3) is 10.8 Å². The van der Waals surface area contributed by atoms with E-state index in [0.29, 0.717) is 0 Å². The zero-order chi connectivity index (χ0) is 37.4. The second-order valence-electron chi connectivity index (χ2n) is 8.14. The predicted octanol–water partition coefficient (Wildman–Crippen LogP) is 15.4. The highest BCUT2D eigenvalue weighted by atomic mass is 32.2. The molecule has 48 heavy (non-hydrogen) atoms. The van der Waals surface area contributed by atoms with Gasteiger partial charge in [0.2, 0.25) is 0 Å². The smallest absolute Gasteiger partial charge is 0.0683 e. The molecule has 1 aliphatic heterocycles. The lowest BCUT2D eigenvalue weighted by Crippen LogP contribution is -2.21. The average Bonchev–Trinajstić information content (AvgIpc) is 3.21. The van der Waals surface area contributed by atoms with Crippen molar-refractivity contribution >= 4 is 32.6 Å². The summed E-state index contributed by atoms with van der Waals surface area (Å²) in [5, 5.41) is 2.62. The van der Waals surface area contributed by atoms with Crippen LogP contribution < -0.4 is 0 Å². The minimum absolute atomic E-state index is 0.0146. The summed E-state index contributed by atoms with van der Waals surface area (Å²) in [4.78, 5) is 4.08. The molecule has 0 nitrogen and oxygen atoms in total. The van der Waals surface area contributed by atoms with E-state index in [1.54, 1.807) is 0 Å². The zero-order valence-corrected chi connectivity index (χ0v) is 35.3. The summed E-state index contributed by atoms with van der Waals surface area (Å²) in [6.45, 7) is 28.0. The van der Waals surface area contributed by atoms with E-state index in [4.69, 9.17) is 0 Å². The fourth-order valence-corrected chi connectivity index (χ4v) is 6.61. The van der Waals surface area contributed by atoms with Gasteiger partial charge in [0.05, 0.1) is 17.2 Å². The van der Waals surface area contributed by atoms with Crippen LogP contribution in [0.3, 0.4) is 0 Å². The topological polar surface area (TPSA) is 0 Å². The normalized spacial score (nSPS) is 9.83. The van der Waals surface area contributed by atoms with Gasteiger partial charge in [0.15, 0.2) is 14.7 Å². The Bertz CT molecular complexity index is 1070. The lowest BCUT2D eigenvalue weighted by Gasteiger charge is -2.08. The number of fused-ring (bicyclic) bond motifs is 1. The molecule has 0 radical (unpaired) electrons. The third kappa shape index (κ3) is 23.4. The van der Waals surface area contributed by atoms with E-state index < -0.39 is 0 Å². The average molecular weight is 691 g/mol. The Balaban J connectivity index is -0.000000282. The Labute approximate surface area is 306 Å². The Morgan fingerprint density at radius 2 is 0.521 bits per heavy atom. The first-order valence-corrected chi connectivity index (χ1v) is 21.9. The molecular formula is C46H74S2+2. The van der Waals surface area contributed by atoms with E-state index in [1.165, 1.54) is 43.4 Å². The molecule has 6 rings (SSSR count).